The summed E-state index contributed by atoms with van der Waals surface area (Å²) in [7, 11) is 0. The second kappa shape index (κ2) is 6.05. The predicted octanol–water partition coefficient (Wildman–Crippen LogP) is 1.18. The predicted molar refractivity (Wildman–Crippen MR) is 75.1 cm³/mol. The van der Waals surface area contributed by atoms with E-state index in [0.29, 0.717) is 25.9 Å². The van der Waals surface area contributed by atoms with Crippen LogP contribution in [0.25, 0.3) is 0 Å². The largest absolute Gasteiger partial charge is 0.479 e. The molecule has 0 fully saturated rings. The van der Waals surface area contributed by atoms with Gasteiger partial charge in [-0.15, -0.1) is 0 Å². The van der Waals surface area contributed by atoms with Gasteiger partial charge in [-0.1, -0.05) is 31.2 Å². The van der Waals surface area contributed by atoms with Crippen LogP contribution < -0.4 is 5.73 Å². The minimum absolute atomic E-state index is 0.127. The third kappa shape index (κ3) is 2.67. The molecule has 108 valence electrons. The molecule has 2 unspecified atom stereocenters. The minimum Gasteiger partial charge on any atom is -0.479 e. The van der Waals surface area contributed by atoms with Crippen molar-refractivity contribution in [3.63, 3.8) is 0 Å². The number of carboxylic acids is 1. The number of carbonyl (C=O) groups is 2. The maximum atomic E-state index is 12.4. The van der Waals surface area contributed by atoms with Crippen LogP contribution in [-0.4, -0.2) is 35.0 Å². The molecule has 2 atom stereocenters. The molecule has 0 bridgehead atoms. The summed E-state index contributed by atoms with van der Waals surface area (Å²) >= 11 is 0. The summed E-state index contributed by atoms with van der Waals surface area (Å²) in [4.78, 5) is 25.5. The molecule has 0 radical (unpaired) electrons. The Balaban J connectivity index is 2.31. The highest BCUT2D eigenvalue weighted by Crippen LogP contribution is 2.31. The van der Waals surface area contributed by atoms with Crippen LogP contribution in [0.15, 0.2) is 24.3 Å². The molecule has 0 spiro atoms. The zero-order chi connectivity index (χ0) is 14.7. The van der Waals surface area contributed by atoms with Crippen molar-refractivity contribution in [3.05, 3.63) is 35.4 Å². The molecule has 0 aromatic heterocycles. The minimum atomic E-state index is -0.981. The van der Waals surface area contributed by atoms with Crippen LogP contribution in [0, 0.1) is 5.92 Å². The summed E-state index contributed by atoms with van der Waals surface area (Å²) in [6.07, 6.45) is 1.27. The quantitative estimate of drug-likeness (QED) is 0.865. The highest BCUT2D eigenvalue weighted by atomic mass is 16.4. The average Bonchev–Trinajstić information content (AvgIpc) is 2.45. The van der Waals surface area contributed by atoms with Gasteiger partial charge in [0.2, 0.25) is 5.91 Å². The molecule has 2 rings (SSSR count). The Morgan fingerprint density at radius 1 is 1.45 bits per heavy atom. The summed E-state index contributed by atoms with van der Waals surface area (Å²) in [5.74, 6) is -1.35. The van der Waals surface area contributed by atoms with Gasteiger partial charge in [0, 0.05) is 12.5 Å². The molecule has 1 amide bonds. The third-order valence-corrected chi connectivity index (χ3v) is 3.82. The van der Waals surface area contributed by atoms with Crippen molar-refractivity contribution in [3.8, 4) is 0 Å². The van der Waals surface area contributed by atoms with Gasteiger partial charge in [0.25, 0.3) is 0 Å². The Hall–Kier alpha value is -1.88. The summed E-state index contributed by atoms with van der Waals surface area (Å²) in [5.41, 5.74) is 7.21. The summed E-state index contributed by atoms with van der Waals surface area (Å²) in [6.45, 7) is 2.67. The van der Waals surface area contributed by atoms with Gasteiger partial charge in [0.15, 0.2) is 6.04 Å². The topological polar surface area (TPSA) is 83.6 Å². The van der Waals surface area contributed by atoms with E-state index in [0.717, 1.165) is 11.1 Å². The molecule has 5 heteroatoms. The van der Waals surface area contributed by atoms with Gasteiger partial charge in [0.05, 0.1) is 0 Å². The summed E-state index contributed by atoms with van der Waals surface area (Å²) < 4.78 is 0. The lowest BCUT2D eigenvalue weighted by atomic mass is 9.91. The van der Waals surface area contributed by atoms with Gasteiger partial charge in [-0.2, -0.15) is 0 Å². The second-order valence-electron chi connectivity index (χ2n) is 5.20. The van der Waals surface area contributed by atoms with E-state index in [1.807, 2.05) is 18.2 Å². The normalized spacial score (nSPS) is 19.3. The van der Waals surface area contributed by atoms with Crippen LogP contribution in [0.1, 0.15) is 30.5 Å². The highest BCUT2D eigenvalue weighted by Gasteiger charge is 2.36. The van der Waals surface area contributed by atoms with Gasteiger partial charge in [-0.3, -0.25) is 4.79 Å². The second-order valence-corrected chi connectivity index (χ2v) is 5.20. The number of nitrogens with two attached hydrogens (primary N) is 1. The zero-order valence-corrected chi connectivity index (χ0v) is 11.6. The average molecular weight is 276 g/mol. The summed E-state index contributed by atoms with van der Waals surface area (Å²) in [5, 5.41) is 9.50. The molecular weight excluding hydrogens is 256 g/mol. The van der Waals surface area contributed by atoms with E-state index < -0.39 is 12.0 Å². The van der Waals surface area contributed by atoms with E-state index in [1.54, 1.807) is 13.0 Å². The molecular formula is C15H20N2O3. The van der Waals surface area contributed by atoms with Gasteiger partial charge in [-0.25, -0.2) is 4.79 Å². The monoisotopic (exact) mass is 276 g/mol. The van der Waals surface area contributed by atoms with Crippen molar-refractivity contribution < 1.29 is 14.7 Å². The molecule has 3 N–H and O–H groups in total. The Kier molecular flexibility index (Phi) is 4.39. The van der Waals surface area contributed by atoms with Crippen molar-refractivity contribution in [1.82, 2.24) is 4.90 Å². The maximum Gasteiger partial charge on any atom is 0.331 e. The number of fused-ring (bicyclic) bond motifs is 1. The number of hydrogen-bond acceptors (Lipinski definition) is 3. The number of nitrogens with zero attached hydrogens (tertiary/aromatic N) is 1. The van der Waals surface area contributed by atoms with Crippen molar-refractivity contribution in [2.24, 2.45) is 11.7 Å². The van der Waals surface area contributed by atoms with Gasteiger partial charge < -0.3 is 15.7 Å². The number of carbonyl (C=O) groups excluding carboxylic acids is 1. The molecule has 1 aromatic carbocycles. The Morgan fingerprint density at radius 3 is 2.80 bits per heavy atom. The molecule has 1 heterocycles. The fourth-order valence-corrected chi connectivity index (χ4v) is 2.73. The lowest BCUT2D eigenvalue weighted by molar-refractivity contribution is -0.152. The first-order valence-electron chi connectivity index (χ1n) is 6.87. The summed E-state index contributed by atoms with van der Waals surface area (Å²) in [6, 6.07) is 6.54. The zero-order valence-electron chi connectivity index (χ0n) is 11.6. The molecule has 1 aliphatic heterocycles. The smallest absolute Gasteiger partial charge is 0.331 e. The van der Waals surface area contributed by atoms with Crippen LogP contribution in [0.3, 0.4) is 0 Å². The first-order chi connectivity index (χ1) is 9.56. The van der Waals surface area contributed by atoms with Crippen LogP contribution in [0.4, 0.5) is 0 Å². The van der Waals surface area contributed by atoms with Gasteiger partial charge in [-0.05, 0) is 30.5 Å². The molecule has 1 aromatic rings. The van der Waals surface area contributed by atoms with E-state index in [2.05, 4.69) is 0 Å². The van der Waals surface area contributed by atoms with Crippen molar-refractivity contribution in [2.45, 2.75) is 25.8 Å². The van der Waals surface area contributed by atoms with Crippen LogP contribution in [0.2, 0.25) is 0 Å². The van der Waals surface area contributed by atoms with Crippen molar-refractivity contribution in [2.75, 3.05) is 13.1 Å². The fraction of sp³-hybridized carbons (Fsp3) is 0.467. The fourth-order valence-electron chi connectivity index (χ4n) is 2.73. The number of carboxylic acid groups (broad SMARTS) is 1. The highest BCUT2D eigenvalue weighted by molar-refractivity contribution is 5.86. The van der Waals surface area contributed by atoms with Gasteiger partial charge in [0.1, 0.15) is 0 Å². The molecule has 0 saturated heterocycles. The Labute approximate surface area is 118 Å². The lowest BCUT2D eigenvalue weighted by Gasteiger charge is -2.36. The van der Waals surface area contributed by atoms with E-state index >= 15 is 0 Å². The number of rotatable bonds is 4. The van der Waals surface area contributed by atoms with Crippen LogP contribution >= 0.6 is 0 Å². The third-order valence-electron chi connectivity index (χ3n) is 3.82. The molecule has 5 nitrogen and oxygen atoms in total. The number of benzene rings is 1. The molecule has 0 aliphatic carbocycles. The van der Waals surface area contributed by atoms with E-state index in [1.165, 1.54) is 4.90 Å². The van der Waals surface area contributed by atoms with Crippen LogP contribution in [0.5, 0.6) is 0 Å². The number of amides is 1. The van der Waals surface area contributed by atoms with E-state index in [-0.39, 0.29) is 11.8 Å². The lowest BCUT2D eigenvalue weighted by Crippen LogP contribution is -2.45. The molecule has 1 aliphatic rings. The van der Waals surface area contributed by atoms with Crippen molar-refractivity contribution >= 4 is 11.9 Å². The maximum absolute atomic E-state index is 12.4. The number of aliphatic carboxylic acids is 1. The first-order valence-corrected chi connectivity index (χ1v) is 6.87. The van der Waals surface area contributed by atoms with Crippen LogP contribution in [-0.2, 0) is 16.0 Å². The van der Waals surface area contributed by atoms with E-state index in [4.69, 9.17) is 5.73 Å². The molecule has 20 heavy (non-hydrogen) atoms. The Bertz CT molecular complexity index is 516. The SMILES string of the molecule is CC(CCN)C(=O)N1CCc2ccccc2C1C(=O)O. The van der Waals surface area contributed by atoms with Gasteiger partial charge >= 0.3 is 5.97 Å². The van der Waals surface area contributed by atoms with Crippen molar-refractivity contribution in [1.29, 1.82) is 0 Å². The van der Waals surface area contributed by atoms with E-state index in [9.17, 15) is 14.7 Å². The standard InChI is InChI=1S/C15H20N2O3/c1-10(6-8-16)14(18)17-9-7-11-4-2-3-5-12(11)13(17)15(19)20/h2-5,10,13H,6-9,16H2,1H3,(H,19,20). The Morgan fingerprint density at radius 2 is 2.15 bits per heavy atom. The molecule has 0 saturated carbocycles. The first kappa shape index (κ1) is 14.5. The number of hydrogen-bond donors (Lipinski definition) is 2.